The predicted octanol–water partition coefficient (Wildman–Crippen LogP) is 3.52. The summed E-state index contributed by atoms with van der Waals surface area (Å²) in [6.07, 6.45) is 2.54. The SMILES string of the molecule is CCOc1cncc(C(O)c2ccc(Cl)c(C)c2)c1. The molecule has 0 radical (unpaired) electrons. The van der Waals surface area contributed by atoms with E-state index in [1.165, 1.54) is 0 Å². The maximum atomic E-state index is 10.4. The molecular weight excluding hydrogens is 262 g/mol. The maximum absolute atomic E-state index is 10.4. The van der Waals surface area contributed by atoms with Crippen molar-refractivity contribution in [3.05, 3.63) is 58.4 Å². The Bertz CT molecular complexity index is 572. The van der Waals surface area contributed by atoms with Crippen LogP contribution in [0.25, 0.3) is 0 Å². The monoisotopic (exact) mass is 277 g/mol. The first-order valence-electron chi connectivity index (χ1n) is 6.13. The van der Waals surface area contributed by atoms with Gasteiger partial charge in [0, 0.05) is 16.8 Å². The molecule has 1 heterocycles. The molecule has 4 heteroatoms. The number of nitrogens with zero attached hydrogens (tertiary/aromatic N) is 1. The van der Waals surface area contributed by atoms with Crippen molar-refractivity contribution in [3.63, 3.8) is 0 Å². The number of benzene rings is 1. The quantitative estimate of drug-likeness (QED) is 0.930. The maximum Gasteiger partial charge on any atom is 0.137 e. The fourth-order valence-corrected chi connectivity index (χ4v) is 1.98. The summed E-state index contributed by atoms with van der Waals surface area (Å²) in [5, 5.41) is 11.1. The molecular formula is C15H16ClNO2. The fourth-order valence-electron chi connectivity index (χ4n) is 1.86. The van der Waals surface area contributed by atoms with Crippen molar-refractivity contribution >= 4 is 11.6 Å². The first-order chi connectivity index (χ1) is 9.11. The number of hydrogen-bond donors (Lipinski definition) is 1. The lowest BCUT2D eigenvalue weighted by Gasteiger charge is -2.13. The summed E-state index contributed by atoms with van der Waals surface area (Å²) in [5.41, 5.74) is 2.43. The number of aromatic nitrogens is 1. The van der Waals surface area contributed by atoms with Crippen molar-refractivity contribution in [3.8, 4) is 5.75 Å². The van der Waals surface area contributed by atoms with Crippen LogP contribution in [-0.2, 0) is 0 Å². The Kier molecular flexibility index (Phi) is 4.40. The molecule has 0 spiro atoms. The molecule has 1 unspecified atom stereocenters. The van der Waals surface area contributed by atoms with Crippen molar-refractivity contribution in [1.82, 2.24) is 4.98 Å². The molecule has 3 nitrogen and oxygen atoms in total. The Morgan fingerprint density at radius 2 is 2.05 bits per heavy atom. The number of halogens is 1. The van der Waals surface area contributed by atoms with Gasteiger partial charge in [-0.15, -0.1) is 0 Å². The molecule has 0 bridgehead atoms. The second-order valence-corrected chi connectivity index (χ2v) is 4.71. The van der Waals surface area contributed by atoms with E-state index in [0.717, 1.165) is 11.1 Å². The molecule has 1 aromatic carbocycles. The van der Waals surface area contributed by atoms with Gasteiger partial charge in [-0.3, -0.25) is 4.98 Å². The van der Waals surface area contributed by atoms with Crippen LogP contribution in [0.15, 0.2) is 36.7 Å². The Balaban J connectivity index is 2.29. The van der Waals surface area contributed by atoms with Gasteiger partial charge in [-0.05, 0) is 37.1 Å². The fraction of sp³-hybridized carbons (Fsp3) is 0.267. The number of ether oxygens (including phenoxy) is 1. The summed E-state index contributed by atoms with van der Waals surface area (Å²) >= 11 is 5.98. The highest BCUT2D eigenvalue weighted by Gasteiger charge is 2.12. The largest absolute Gasteiger partial charge is 0.492 e. The lowest BCUT2D eigenvalue weighted by molar-refractivity contribution is 0.219. The number of pyridine rings is 1. The highest BCUT2D eigenvalue weighted by molar-refractivity contribution is 6.31. The zero-order valence-electron chi connectivity index (χ0n) is 10.9. The van der Waals surface area contributed by atoms with Crippen LogP contribution in [0.5, 0.6) is 5.75 Å². The second-order valence-electron chi connectivity index (χ2n) is 4.30. The van der Waals surface area contributed by atoms with E-state index in [2.05, 4.69) is 4.98 Å². The van der Waals surface area contributed by atoms with Gasteiger partial charge in [0.05, 0.1) is 12.8 Å². The minimum Gasteiger partial charge on any atom is -0.492 e. The van der Waals surface area contributed by atoms with Gasteiger partial charge in [0.25, 0.3) is 0 Å². The van der Waals surface area contributed by atoms with Gasteiger partial charge in [-0.2, -0.15) is 0 Å². The molecule has 1 N–H and O–H groups in total. The van der Waals surface area contributed by atoms with Crippen molar-refractivity contribution < 1.29 is 9.84 Å². The smallest absolute Gasteiger partial charge is 0.137 e. The minimum atomic E-state index is -0.733. The highest BCUT2D eigenvalue weighted by Crippen LogP contribution is 2.27. The Morgan fingerprint density at radius 3 is 2.74 bits per heavy atom. The van der Waals surface area contributed by atoms with Gasteiger partial charge in [0.15, 0.2) is 0 Å². The van der Waals surface area contributed by atoms with Gasteiger partial charge < -0.3 is 9.84 Å². The van der Waals surface area contributed by atoms with E-state index >= 15 is 0 Å². The topological polar surface area (TPSA) is 42.4 Å². The van der Waals surface area contributed by atoms with Gasteiger partial charge in [-0.1, -0.05) is 23.7 Å². The van der Waals surface area contributed by atoms with E-state index < -0.39 is 6.10 Å². The van der Waals surface area contributed by atoms with E-state index in [0.29, 0.717) is 22.9 Å². The molecule has 0 aliphatic rings. The van der Waals surface area contributed by atoms with Crippen LogP contribution in [0.2, 0.25) is 5.02 Å². The molecule has 0 aliphatic carbocycles. The average Bonchev–Trinajstić information content (AvgIpc) is 2.42. The zero-order chi connectivity index (χ0) is 13.8. The number of hydrogen-bond acceptors (Lipinski definition) is 3. The lowest BCUT2D eigenvalue weighted by atomic mass is 10.0. The van der Waals surface area contributed by atoms with E-state index in [4.69, 9.17) is 16.3 Å². The molecule has 0 saturated heterocycles. The van der Waals surface area contributed by atoms with Crippen LogP contribution in [0.3, 0.4) is 0 Å². The van der Waals surface area contributed by atoms with E-state index in [-0.39, 0.29) is 0 Å². The van der Waals surface area contributed by atoms with Crippen LogP contribution in [0, 0.1) is 6.92 Å². The van der Waals surface area contributed by atoms with E-state index in [1.807, 2.05) is 26.0 Å². The Morgan fingerprint density at radius 1 is 1.26 bits per heavy atom. The van der Waals surface area contributed by atoms with Crippen LogP contribution in [0.4, 0.5) is 0 Å². The summed E-state index contributed by atoms with van der Waals surface area (Å²) in [6.45, 7) is 4.39. The highest BCUT2D eigenvalue weighted by atomic mass is 35.5. The van der Waals surface area contributed by atoms with Gasteiger partial charge in [0.1, 0.15) is 11.9 Å². The average molecular weight is 278 g/mol. The molecule has 0 aliphatic heterocycles. The summed E-state index contributed by atoms with van der Waals surface area (Å²) in [5.74, 6) is 0.657. The first-order valence-corrected chi connectivity index (χ1v) is 6.51. The first kappa shape index (κ1) is 13.8. The molecule has 2 aromatic rings. The third-order valence-corrected chi connectivity index (χ3v) is 3.28. The Hall–Kier alpha value is -1.58. The standard InChI is InChI=1S/C15H16ClNO2/c1-3-19-13-7-12(8-17-9-13)15(18)11-4-5-14(16)10(2)6-11/h4-9,15,18H,3H2,1-2H3. The number of aryl methyl sites for hydroxylation is 1. The Labute approximate surface area is 117 Å². The van der Waals surface area contributed by atoms with Crippen molar-refractivity contribution in [2.45, 2.75) is 20.0 Å². The minimum absolute atomic E-state index is 0.571. The summed E-state index contributed by atoms with van der Waals surface area (Å²) < 4.78 is 5.38. The molecule has 1 aromatic heterocycles. The third-order valence-electron chi connectivity index (χ3n) is 2.86. The lowest BCUT2D eigenvalue weighted by Crippen LogP contribution is -2.02. The zero-order valence-corrected chi connectivity index (χ0v) is 11.7. The van der Waals surface area contributed by atoms with E-state index in [9.17, 15) is 5.11 Å². The second kappa shape index (κ2) is 6.04. The molecule has 0 fully saturated rings. The van der Waals surface area contributed by atoms with Gasteiger partial charge in [-0.25, -0.2) is 0 Å². The van der Waals surface area contributed by atoms with E-state index in [1.54, 1.807) is 24.5 Å². The number of aliphatic hydroxyl groups excluding tert-OH is 1. The van der Waals surface area contributed by atoms with Crippen molar-refractivity contribution in [2.24, 2.45) is 0 Å². The van der Waals surface area contributed by atoms with Crippen LogP contribution >= 0.6 is 11.6 Å². The summed E-state index contributed by atoms with van der Waals surface area (Å²) in [4.78, 5) is 4.08. The summed E-state index contributed by atoms with van der Waals surface area (Å²) in [7, 11) is 0. The molecule has 0 saturated carbocycles. The van der Waals surface area contributed by atoms with Gasteiger partial charge >= 0.3 is 0 Å². The predicted molar refractivity (Wildman–Crippen MR) is 75.7 cm³/mol. The normalized spacial score (nSPS) is 12.2. The molecule has 2 rings (SSSR count). The van der Waals surface area contributed by atoms with Crippen molar-refractivity contribution in [1.29, 1.82) is 0 Å². The number of rotatable bonds is 4. The van der Waals surface area contributed by atoms with Gasteiger partial charge in [0.2, 0.25) is 0 Å². The summed E-state index contributed by atoms with van der Waals surface area (Å²) in [6, 6.07) is 7.27. The molecule has 1 atom stereocenters. The van der Waals surface area contributed by atoms with Crippen molar-refractivity contribution in [2.75, 3.05) is 6.61 Å². The molecule has 19 heavy (non-hydrogen) atoms. The van der Waals surface area contributed by atoms with Crippen LogP contribution in [-0.4, -0.2) is 16.7 Å². The number of aliphatic hydroxyl groups is 1. The third kappa shape index (κ3) is 3.25. The van der Waals surface area contributed by atoms with Crippen LogP contribution < -0.4 is 4.74 Å². The molecule has 100 valence electrons. The van der Waals surface area contributed by atoms with Crippen LogP contribution in [0.1, 0.15) is 29.7 Å². The molecule has 0 amide bonds.